The first-order chi connectivity index (χ1) is 19.8. The molecule has 0 saturated heterocycles. The summed E-state index contributed by atoms with van der Waals surface area (Å²) in [4.78, 5) is 35.2. The van der Waals surface area contributed by atoms with Crippen LogP contribution in [-0.4, -0.2) is 65.5 Å². The van der Waals surface area contributed by atoms with E-state index in [1.54, 1.807) is 6.92 Å². The van der Waals surface area contributed by atoms with E-state index >= 15 is 0 Å². The van der Waals surface area contributed by atoms with Crippen molar-refractivity contribution in [2.24, 2.45) is 0 Å². The van der Waals surface area contributed by atoms with E-state index in [1.807, 2.05) is 30.3 Å². The summed E-state index contributed by atoms with van der Waals surface area (Å²) in [6.07, 6.45) is 0. The summed E-state index contributed by atoms with van der Waals surface area (Å²) >= 11 is 1.51. The van der Waals surface area contributed by atoms with Gasteiger partial charge in [0.2, 0.25) is 0 Å². The third kappa shape index (κ3) is 11.8. The molecule has 11 nitrogen and oxygen atoms in total. The Hall–Kier alpha value is -4.26. The van der Waals surface area contributed by atoms with Gasteiger partial charge in [0.25, 0.3) is 6.47 Å². The number of carbonyl (C=O) groups excluding carboxylic acids is 3. The Balaban J connectivity index is 0. The minimum absolute atomic E-state index is 0. The topological polar surface area (TPSA) is 136 Å². The van der Waals surface area contributed by atoms with Gasteiger partial charge in [-0.1, -0.05) is 40.5 Å². The van der Waals surface area contributed by atoms with Gasteiger partial charge in [-0.25, -0.2) is 9.59 Å². The Labute approximate surface area is 264 Å². The van der Waals surface area contributed by atoms with Gasteiger partial charge in [0.1, 0.15) is 34.1 Å². The van der Waals surface area contributed by atoms with Crippen LogP contribution in [0.1, 0.15) is 54.1 Å². The highest BCUT2D eigenvalue weighted by Crippen LogP contribution is 2.35. The summed E-state index contributed by atoms with van der Waals surface area (Å²) in [6, 6.07) is 15.8. The van der Waals surface area contributed by atoms with E-state index in [4.69, 9.17) is 28.4 Å². The highest BCUT2D eigenvalue weighted by atomic mass is 32.2. The molecule has 0 aromatic heterocycles. The number of benzene rings is 3. The Bertz CT molecular complexity index is 1300. The number of carbonyl (C=O) groups is 3. The van der Waals surface area contributed by atoms with Gasteiger partial charge in [0, 0.05) is 36.0 Å². The lowest BCUT2D eigenvalue weighted by atomic mass is 10.1. The number of aromatic hydroxyl groups is 1. The molecule has 12 heteroatoms. The predicted octanol–water partition coefficient (Wildman–Crippen LogP) is 6.66. The van der Waals surface area contributed by atoms with E-state index < -0.39 is 11.9 Å². The molecule has 0 radical (unpaired) electrons. The van der Waals surface area contributed by atoms with Crippen molar-refractivity contribution in [1.29, 1.82) is 0 Å². The molecule has 0 bridgehead atoms. The maximum absolute atomic E-state index is 12.1. The fourth-order valence-electron chi connectivity index (χ4n) is 3.45. The monoisotopic (exact) mass is 636 g/mol. The van der Waals surface area contributed by atoms with Crippen molar-refractivity contribution in [2.45, 2.75) is 39.9 Å². The fraction of sp³-hybridized carbons (Fsp3) is 0.344. The van der Waals surface area contributed by atoms with Gasteiger partial charge < -0.3 is 38.3 Å². The van der Waals surface area contributed by atoms with E-state index in [-0.39, 0.29) is 58.5 Å². The molecule has 0 spiro atoms. The first-order valence-electron chi connectivity index (χ1n) is 12.0. The molecule has 0 atom stereocenters. The lowest BCUT2D eigenvalue weighted by Crippen LogP contribution is -2.10. The van der Waals surface area contributed by atoms with Gasteiger partial charge in [-0.3, -0.25) is 4.79 Å². The summed E-state index contributed by atoms with van der Waals surface area (Å²) in [6.45, 7) is 1.92. The van der Waals surface area contributed by atoms with Gasteiger partial charge in [0.05, 0.1) is 14.2 Å². The minimum atomic E-state index is -0.574. The SMILES string of the molecule is C.C.C.COCOc1ccc(O)c(CSc2ccccc2)c1C(=O)OC.COCOc1ccc(OC=O)c(C)c1C(=O)OC. The number of hydrogen-bond donors (Lipinski definition) is 1. The van der Waals surface area contributed by atoms with E-state index in [0.29, 0.717) is 34.9 Å². The first-order valence-corrected chi connectivity index (χ1v) is 13.0. The first kappa shape index (κ1) is 41.9. The molecule has 0 heterocycles. The molecule has 44 heavy (non-hydrogen) atoms. The molecule has 1 N–H and O–H groups in total. The second-order valence-corrected chi connectivity index (χ2v) is 8.95. The van der Waals surface area contributed by atoms with Crippen LogP contribution in [0, 0.1) is 6.92 Å². The second-order valence-electron chi connectivity index (χ2n) is 7.90. The van der Waals surface area contributed by atoms with Crippen LogP contribution in [0.3, 0.4) is 0 Å². The number of phenols is 1. The van der Waals surface area contributed by atoms with Gasteiger partial charge in [-0.15, -0.1) is 11.8 Å². The standard InChI is InChI=1S/C17H18O5S.C12H14O6.3CH4/c1-20-11-22-15-9-8-14(18)13(16(15)17(19)21-2)10-23-12-6-4-3-5-7-12;1-8-9(17-6-13)4-5-10(18-7-15-2)11(8)12(14)16-3;;;/h3-9,18H,10-11H2,1-2H3;4-6H,7H2,1-3H3;3*1H4. The Kier molecular flexibility index (Phi) is 21.2. The molecule has 3 aromatic carbocycles. The third-order valence-corrected chi connectivity index (χ3v) is 6.41. The second kappa shape index (κ2) is 22.3. The lowest BCUT2D eigenvalue weighted by Gasteiger charge is -2.15. The minimum Gasteiger partial charge on any atom is -0.508 e. The Morgan fingerprint density at radius 2 is 1.25 bits per heavy atom. The fourth-order valence-corrected chi connectivity index (χ4v) is 4.40. The lowest BCUT2D eigenvalue weighted by molar-refractivity contribution is -0.120. The summed E-state index contributed by atoms with van der Waals surface area (Å²) in [5.74, 6) is 0.198. The summed E-state index contributed by atoms with van der Waals surface area (Å²) in [7, 11) is 5.51. The van der Waals surface area contributed by atoms with E-state index in [1.165, 1.54) is 64.5 Å². The highest BCUT2D eigenvalue weighted by molar-refractivity contribution is 7.98. The number of thioether (sulfide) groups is 1. The van der Waals surface area contributed by atoms with Gasteiger partial charge in [0.15, 0.2) is 13.6 Å². The van der Waals surface area contributed by atoms with Gasteiger partial charge >= 0.3 is 11.9 Å². The Morgan fingerprint density at radius 1 is 0.750 bits per heavy atom. The van der Waals surface area contributed by atoms with Crippen LogP contribution in [0.4, 0.5) is 0 Å². The van der Waals surface area contributed by atoms with Crippen LogP contribution in [-0.2, 0) is 29.5 Å². The van der Waals surface area contributed by atoms with Gasteiger partial charge in [-0.05, 0) is 43.3 Å². The maximum atomic E-state index is 12.1. The van der Waals surface area contributed by atoms with Crippen LogP contribution in [0.5, 0.6) is 23.0 Å². The average molecular weight is 637 g/mol. The zero-order valence-corrected chi connectivity index (χ0v) is 24.1. The molecular formula is C32H44O11S. The zero-order valence-electron chi connectivity index (χ0n) is 23.3. The molecule has 0 aliphatic rings. The average Bonchev–Trinajstić information content (AvgIpc) is 3.00. The maximum Gasteiger partial charge on any atom is 0.342 e. The molecule has 244 valence electrons. The largest absolute Gasteiger partial charge is 0.508 e. The van der Waals surface area contributed by atoms with Crippen LogP contribution in [0.25, 0.3) is 0 Å². The molecule has 0 aliphatic carbocycles. The molecule has 0 amide bonds. The van der Waals surface area contributed by atoms with Crippen molar-refractivity contribution in [2.75, 3.05) is 42.0 Å². The van der Waals surface area contributed by atoms with Crippen molar-refractivity contribution in [3.63, 3.8) is 0 Å². The molecule has 3 aromatic rings. The van der Waals surface area contributed by atoms with Crippen LogP contribution >= 0.6 is 11.8 Å². The summed E-state index contributed by atoms with van der Waals surface area (Å²) in [5, 5.41) is 10.2. The third-order valence-electron chi connectivity index (χ3n) is 5.37. The van der Waals surface area contributed by atoms with Crippen molar-refractivity contribution in [3.8, 4) is 23.0 Å². The predicted molar refractivity (Wildman–Crippen MR) is 170 cm³/mol. The Morgan fingerprint density at radius 3 is 1.77 bits per heavy atom. The summed E-state index contributed by atoms with van der Waals surface area (Å²) < 4.78 is 34.6. The van der Waals surface area contributed by atoms with Crippen molar-refractivity contribution >= 4 is 30.2 Å². The molecule has 0 saturated carbocycles. The van der Waals surface area contributed by atoms with E-state index in [2.05, 4.69) is 4.74 Å². The van der Waals surface area contributed by atoms with Gasteiger partial charge in [-0.2, -0.15) is 0 Å². The number of rotatable bonds is 13. The number of esters is 2. The molecule has 3 rings (SSSR count). The number of hydrogen-bond acceptors (Lipinski definition) is 12. The smallest absolute Gasteiger partial charge is 0.342 e. The number of ether oxygens (including phenoxy) is 7. The molecule has 0 unspecified atom stereocenters. The molecular weight excluding hydrogens is 592 g/mol. The normalized spacial score (nSPS) is 9.39. The molecule has 0 aliphatic heterocycles. The molecule has 0 fully saturated rings. The van der Waals surface area contributed by atoms with Crippen LogP contribution in [0.15, 0.2) is 59.5 Å². The van der Waals surface area contributed by atoms with E-state index in [0.717, 1.165) is 4.90 Å². The summed E-state index contributed by atoms with van der Waals surface area (Å²) in [5.41, 5.74) is 1.35. The number of phenolic OH excluding ortho intramolecular Hbond substituents is 1. The zero-order chi connectivity index (χ0) is 30.2. The number of methoxy groups -OCH3 is 4. The van der Waals surface area contributed by atoms with Crippen molar-refractivity contribution in [1.82, 2.24) is 0 Å². The van der Waals surface area contributed by atoms with Crippen molar-refractivity contribution < 1.29 is 52.6 Å². The quantitative estimate of drug-likeness (QED) is 0.0929. The van der Waals surface area contributed by atoms with Crippen molar-refractivity contribution in [3.05, 3.63) is 76.9 Å². The van der Waals surface area contributed by atoms with Crippen LogP contribution < -0.4 is 14.2 Å². The van der Waals surface area contributed by atoms with Crippen LogP contribution in [0.2, 0.25) is 0 Å². The highest BCUT2D eigenvalue weighted by Gasteiger charge is 2.22. The van der Waals surface area contributed by atoms with E-state index in [9.17, 15) is 19.5 Å².